The molecule has 0 aromatic rings. The molecule has 1 N–H and O–H groups in total. The van der Waals surface area contributed by atoms with Crippen molar-refractivity contribution in [1.29, 1.82) is 0 Å². The van der Waals surface area contributed by atoms with E-state index in [1.54, 1.807) is 0 Å². The van der Waals surface area contributed by atoms with Gasteiger partial charge in [0.25, 0.3) is 0 Å². The second kappa shape index (κ2) is 4.18. The van der Waals surface area contributed by atoms with Gasteiger partial charge in [0.2, 0.25) is 0 Å². The fourth-order valence-electron chi connectivity index (χ4n) is 1.50. The predicted octanol–water partition coefficient (Wildman–Crippen LogP) is 2.18. The SMILES string of the molecule is CCn1c2n[se]sc-2c(Br)c2s[se][nH]c1=2. The number of aromatic nitrogens is 3. The van der Waals surface area contributed by atoms with Gasteiger partial charge >= 0.3 is 114 Å². The van der Waals surface area contributed by atoms with Crippen LogP contribution in [0.25, 0.3) is 10.7 Å². The summed E-state index contributed by atoms with van der Waals surface area (Å²) in [5.74, 6) is 1.17. The summed E-state index contributed by atoms with van der Waals surface area (Å²) in [5, 5.41) is 0. The molecule has 0 unspecified atom stereocenters. The van der Waals surface area contributed by atoms with Crippen LogP contribution in [0.2, 0.25) is 0 Å². The van der Waals surface area contributed by atoms with E-state index in [9.17, 15) is 0 Å². The van der Waals surface area contributed by atoms with Crippen molar-refractivity contribution in [1.82, 2.24) is 12.5 Å². The normalized spacial score (nSPS) is 11.6. The maximum atomic E-state index is 4.62. The van der Waals surface area contributed by atoms with Crippen LogP contribution >= 0.6 is 35.4 Å². The predicted molar refractivity (Wildman–Crippen MR) is 69.1 cm³/mol. The molecule has 15 heavy (non-hydrogen) atoms. The third-order valence-electron chi connectivity index (χ3n) is 2.17. The van der Waals surface area contributed by atoms with E-state index in [4.69, 9.17) is 0 Å². The molecule has 0 atom stereocenters. The molecule has 3 aliphatic rings. The van der Waals surface area contributed by atoms with Crippen LogP contribution in [0.15, 0.2) is 4.47 Å². The van der Waals surface area contributed by atoms with E-state index in [0.717, 1.165) is 6.54 Å². The summed E-state index contributed by atoms with van der Waals surface area (Å²) in [7, 11) is 3.81. The molecule has 3 nitrogen and oxygen atoms in total. The summed E-state index contributed by atoms with van der Waals surface area (Å²) in [6.07, 6.45) is 0. The topological polar surface area (TPSA) is 33.6 Å². The van der Waals surface area contributed by atoms with E-state index in [1.165, 1.54) is 25.2 Å². The first-order valence-electron chi connectivity index (χ1n) is 4.26. The van der Waals surface area contributed by atoms with E-state index >= 15 is 0 Å². The van der Waals surface area contributed by atoms with Gasteiger partial charge in [0.1, 0.15) is 0 Å². The van der Waals surface area contributed by atoms with Gasteiger partial charge in [-0.2, -0.15) is 0 Å². The van der Waals surface area contributed by atoms with Crippen molar-refractivity contribution in [2.24, 2.45) is 0 Å². The van der Waals surface area contributed by atoms with E-state index < -0.39 is 0 Å². The molecule has 0 aliphatic carbocycles. The number of hydrogen-bond donors (Lipinski definition) is 1. The number of nitrogens with zero attached hydrogens (tertiary/aromatic N) is 2. The average molecular weight is 434 g/mol. The second-order valence-electron chi connectivity index (χ2n) is 2.91. The minimum absolute atomic E-state index is 0.326. The molecule has 0 saturated carbocycles. The van der Waals surface area contributed by atoms with Crippen LogP contribution in [0.1, 0.15) is 6.92 Å². The molecule has 8 heteroatoms. The third kappa shape index (κ3) is 1.59. The molecule has 0 fully saturated rings. The van der Waals surface area contributed by atoms with Crippen molar-refractivity contribution in [3.8, 4) is 10.7 Å². The summed E-state index contributed by atoms with van der Waals surface area (Å²) in [5.41, 5.74) is 1.26. The Balaban J connectivity index is 2.65. The Morgan fingerprint density at radius 1 is 1.53 bits per heavy atom. The zero-order valence-corrected chi connectivity index (χ0v) is 14.3. The number of fused-ring (bicyclic) bond motifs is 1. The number of halogens is 1. The Labute approximate surface area is 113 Å². The first kappa shape index (κ1) is 10.8. The van der Waals surface area contributed by atoms with Crippen molar-refractivity contribution in [2.75, 3.05) is 0 Å². The van der Waals surface area contributed by atoms with Crippen LogP contribution in [0.3, 0.4) is 0 Å². The van der Waals surface area contributed by atoms with E-state index in [0.29, 0.717) is 27.2 Å². The molecule has 80 valence electrons. The van der Waals surface area contributed by atoms with Crippen molar-refractivity contribution < 1.29 is 0 Å². The number of aromatic amines is 1. The van der Waals surface area contributed by atoms with E-state index in [1.807, 2.05) is 19.4 Å². The van der Waals surface area contributed by atoms with Gasteiger partial charge in [0.15, 0.2) is 0 Å². The Morgan fingerprint density at radius 3 is 3.20 bits per heavy atom. The Kier molecular flexibility index (Phi) is 3.02. The van der Waals surface area contributed by atoms with Crippen molar-refractivity contribution in [2.45, 2.75) is 13.5 Å². The van der Waals surface area contributed by atoms with Crippen LogP contribution in [0.5, 0.6) is 0 Å². The molecule has 0 radical (unpaired) electrons. The van der Waals surface area contributed by atoms with Crippen LogP contribution in [0.4, 0.5) is 0 Å². The summed E-state index contributed by atoms with van der Waals surface area (Å²) >= 11 is 4.47. The van der Waals surface area contributed by atoms with Crippen molar-refractivity contribution in [3.05, 3.63) is 14.5 Å². The minimum atomic E-state index is 0.326. The molecule has 3 heterocycles. The Hall–Kier alpha value is 0.709. The quantitative estimate of drug-likeness (QED) is 0.586. The summed E-state index contributed by atoms with van der Waals surface area (Å²) in [6, 6.07) is 0. The zero-order chi connectivity index (χ0) is 10.4. The van der Waals surface area contributed by atoms with E-state index in [-0.39, 0.29) is 0 Å². The van der Waals surface area contributed by atoms with Crippen LogP contribution in [0, 0.1) is 10.0 Å². The zero-order valence-electron chi connectivity index (χ0n) is 7.61. The van der Waals surface area contributed by atoms with Crippen LogP contribution in [-0.2, 0) is 6.54 Å². The third-order valence-corrected chi connectivity index (χ3v) is 9.77. The van der Waals surface area contributed by atoms with E-state index in [2.05, 4.69) is 35.4 Å². The monoisotopic (exact) mass is 435 g/mol. The first-order valence-corrected chi connectivity index (χ1v) is 12.4. The van der Waals surface area contributed by atoms with Crippen LogP contribution in [-0.4, -0.2) is 39.7 Å². The van der Waals surface area contributed by atoms with Gasteiger partial charge in [-0.3, -0.25) is 0 Å². The first-order chi connectivity index (χ1) is 7.33. The second-order valence-corrected chi connectivity index (χ2v) is 10.1. The molecule has 3 rings (SSSR count). The van der Waals surface area contributed by atoms with Crippen molar-refractivity contribution >= 4 is 62.5 Å². The number of hydrogen-bond acceptors (Lipinski definition) is 3. The van der Waals surface area contributed by atoms with Gasteiger partial charge in [-0.25, -0.2) is 0 Å². The molecule has 0 aromatic heterocycles. The number of nitrogens with one attached hydrogen (secondary N) is 1. The summed E-state index contributed by atoms with van der Waals surface area (Å²) in [4.78, 5) is 1.34. The summed E-state index contributed by atoms with van der Waals surface area (Å²) in [6.45, 7) is 3.17. The number of H-pyrrole nitrogens is 1. The van der Waals surface area contributed by atoms with Gasteiger partial charge in [-0.05, 0) is 0 Å². The van der Waals surface area contributed by atoms with Gasteiger partial charge in [-0.1, -0.05) is 0 Å². The molecular formula is C7H6BrN3S2Se2. The van der Waals surface area contributed by atoms with Gasteiger partial charge in [0.05, 0.1) is 0 Å². The molecule has 0 amide bonds. The molecular weight excluding hydrogens is 428 g/mol. The molecule has 0 aromatic carbocycles. The standard InChI is InChI=1S/C7H6BrN3S2Se2/c1-2-11-6-4(12-14-9-6)3(8)5-7(11)10-15-13-5/h9H,2H2,1H3. The van der Waals surface area contributed by atoms with Crippen molar-refractivity contribution in [3.63, 3.8) is 0 Å². The molecule has 3 aliphatic heterocycles. The van der Waals surface area contributed by atoms with Gasteiger partial charge in [0, 0.05) is 0 Å². The fourth-order valence-corrected chi connectivity index (χ4v) is 10.6. The Morgan fingerprint density at radius 2 is 2.40 bits per heavy atom. The molecule has 0 spiro atoms. The maximum absolute atomic E-state index is 4.62. The number of rotatable bonds is 1. The fraction of sp³-hybridized carbons (Fsp3) is 0.286. The summed E-state index contributed by atoms with van der Waals surface area (Å²) < 4.78 is 13.0. The molecule has 0 bridgehead atoms. The Bertz CT molecular complexity index is 651. The molecule has 0 saturated heterocycles. The van der Waals surface area contributed by atoms with Gasteiger partial charge in [-0.15, -0.1) is 0 Å². The average Bonchev–Trinajstić information content (AvgIpc) is 2.85. The van der Waals surface area contributed by atoms with Gasteiger partial charge < -0.3 is 0 Å². The van der Waals surface area contributed by atoms with Crippen LogP contribution < -0.4 is 0 Å².